The summed E-state index contributed by atoms with van der Waals surface area (Å²) in [5.41, 5.74) is 3.21. The van der Waals surface area contributed by atoms with Gasteiger partial charge in [0.15, 0.2) is 0 Å². The smallest absolute Gasteiger partial charge is 0.238 e. The first-order valence-electron chi connectivity index (χ1n) is 6.90. The molecule has 2 aromatic rings. The van der Waals surface area contributed by atoms with Crippen LogP contribution in [0.2, 0.25) is 0 Å². The Morgan fingerprint density at radius 1 is 1.10 bits per heavy atom. The number of halogens is 1. The molecule has 2 aromatic carbocycles. The fourth-order valence-electron chi connectivity index (χ4n) is 1.96. The number of carbonyl (C=O) groups is 1. The largest absolute Gasteiger partial charge is 0.325 e. The van der Waals surface area contributed by atoms with Crippen LogP contribution in [-0.4, -0.2) is 12.5 Å². The normalized spacial score (nSPS) is 12.0. The van der Waals surface area contributed by atoms with E-state index in [0.717, 1.165) is 10.2 Å². The van der Waals surface area contributed by atoms with E-state index in [0.29, 0.717) is 0 Å². The lowest BCUT2D eigenvalue weighted by Crippen LogP contribution is -2.30. The van der Waals surface area contributed by atoms with E-state index < -0.39 is 0 Å². The minimum atomic E-state index is -0.0451. The van der Waals surface area contributed by atoms with Crippen molar-refractivity contribution in [2.75, 3.05) is 11.9 Å². The van der Waals surface area contributed by atoms with E-state index in [9.17, 15) is 4.79 Å². The van der Waals surface area contributed by atoms with Gasteiger partial charge in [-0.15, -0.1) is 0 Å². The monoisotopic (exact) mass is 346 g/mol. The van der Waals surface area contributed by atoms with Crippen molar-refractivity contribution in [2.45, 2.75) is 19.9 Å². The molecule has 4 heteroatoms. The van der Waals surface area contributed by atoms with Gasteiger partial charge < -0.3 is 10.6 Å². The second-order valence-electron chi connectivity index (χ2n) is 5.07. The Bertz CT molecular complexity index is 593. The molecule has 0 aliphatic rings. The Hall–Kier alpha value is -1.65. The molecule has 0 saturated carbocycles. The molecular formula is C17H19BrN2O. The van der Waals surface area contributed by atoms with E-state index >= 15 is 0 Å². The molecule has 0 saturated heterocycles. The first-order chi connectivity index (χ1) is 10.0. The lowest BCUT2D eigenvalue weighted by Gasteiger charge is -2.14. The Morgan fingerprint density at radius 2 is 1.71 bits per heavy atom. The number of hydrogen-bond acceptors (Lipinski definition) is 2. The second kappa shape index (κ2) is 7.38. The molecule has 0 spiro atoms. The summed E-state index contributed by atoms with van der Waals surface area (Å²) in [6, 6.07) is 16.0. The van der Waals surface area contributed by atoms with Gasteiger partial charge in [-0.1, -0.05) is 45.8 Å². The summed E-state index contributed by atoms with van der Waals surface area (Å²) in [4.78, 5) is 11.9. The Morgan fingerprint density at radius 3 is 2.33 bits per heavy atom. The highest BCUT2D eigenvalue weighted by molar-refractivity contribution is 9.10. The topological polar surface area (TPSA) is 41.1 Å². The van der Waals surface area contributed by atoms with Crippen LogP contribution in [0.5, 0.6) is 0 Å². The van der Waals surface area contributed by atoms with E-state index in [1.54, 1.807) is 0 Å². The van der Waals surface area contributed by atoms with Crippen LogP contribution in [0.4, 0.5) is 5.69 Å². The Balaban J connectivity index is 1.83. The Labute approximate surface area is 133 Å². The zero-order valence-corrected chi connectivity index (χ0v) is 13.8. The highest BCUT2D eigenvalue weighted by Gasteiger charge is 2.07. The number of carbonyl (C=O) groups excluding carboxylic acids is 1. The molecule has 0 aliphatic carbocycles. The van der Waals surface area contributed by atoms with Crippen LogP contribution in [0.15, 0.2) is 53.0 Å². The molecular weight excluding hydrogens is 328 g/mol. The number of amides is 1. The molecule has 1 atom stereocenters. The van der Waals surface area contributed by atoms with Crippen LogP contribution in [0.25, 0.3) is 0 Å². The van der Waals surface area contributed by atoms with Crippen LogP contribution in [-0.2, 0) is 4.79 Å². The van der Waals surface area contributed by atoms with Crippen LogP contribution in [0.1, 0.15) is 24.1 Å². The number of aryl methyl sites for hydroxylation is 1. The van der Waals surface area contributed by atoms with Gasteiger partial charge in [-0.25, -0.2) is 0 Å². The molecule has 3 nitrogen and oxygen atoms in total. The van der Waals surface area contributed by atoms with Gasteiger partial charge in [-0.3, -0.25) is 4.79 Å². The number of benzene rings is 2. The van der Waals surface area contributed by atoms with Crippen molar-refractivity contribution in [3.8, 4) is 0 Å². The lowest BCUT2D eigenvalue weighted by molar-refractivity contribution is -0.115. The second-order valence-corrected chi connectivity index (χ2v) is 5.98. The fraction of sp³-hybridized carbons (Fsp3) is 0.235. The third-order valence-corrected chi connectivity index (χ3v) is 3.80. The summed E-state index contributed by atoms with van der Waals surface area (Å²) in [6.45, 7) is 4.40. The summed E-state index contributed by atoms with van der Waals surface area (Å²) in [5.74, 6) is -0.0451. The zero-order valence-electron chi connectivity index (χ0n) is 12.2. The molecule has 2 rings (SSSR count). The number of anilines is 1. The van der Waals surface area contributed by atoms with E-state index in [2.05, 4.69) is 64.7 Å². The lowest BCUT2D eigenvalue weighted by atomic mass is 10.1. The first kappa shape index (κ1) is 15.7. The molecule has 110 valence electrons. The quantitative estimate of drug-likeness (QED) is 0.857. The van der Waals surface area contributed by atoms with Crippen molar-refractivity contribution in [3.63, 3.8) is 0 Å². The summed E-state index contributed by atoms with van der Waals surface area (Å²) >= 11 is 3.37. The van der Waals surface area contributed by atoms with Crippen molar-refractivity contribution in [3.05, 3.63) is 64.1 Å². The predicted molar refractivity (Wildman–Crippen MR) is 90.4 cm³/mol. The number of hydrogen-bond donors (Lipinski definition) is 2. The Kier molecular flexibility index (Phi) is 5.53. The highest BCUT2D eigenvalue weighted by atomic mass is 79.9. The van der Waals surface area contributed by atoms with E-state index in [1.807, 2.05) is 24.3 Å². The van der Waals surface area contributed by atoms with Crippen LogP contribution in [0.3, 0.4) is 0 Å². The fourth-order valence-corrected chi connectivity index (χ4v) is 2.22. The van der Waals surface area contributed by atoms with Crippen molar-refractivity contribution in [1.82, 2.24) is 5.32 Å². The first-order valence-corrected chi connectivity index (χ1v) is 7.69. The van der Waals surface area contributed by atoms with Gasteiger partial charge in [0.05, 0.1) is 6.54 Å². The molecule has 0 fully saturated rings. The number of rotatable bonds is 5. The third kappa shape index (κ3) is 4.99. The SMILES string of the molecule is Cc1ccc([C@@H](C)NCC(=O)Nc2ccc(Br)cc2)cc1. The summed E-state index contributed by atoms with van der Waals surface area (Å²) in [6.07, 6.45) is 0. The standard InChI is InChI=1S/C17H19BrN2O/c1-12-3-5-14(6-4-12)13(2)19-11-17(21)20-16-9-7-15(18)8-10-16/h3-10,13,19H,11H2,1-2H3,(H,20,21)/t13-/m1/s1. The summed E-state index contributed by atoms with van der Waals surface area (Å²) < 4.78 is 0.992. The molecule has 0 radical (unpaired) electrons. The molecule has 0 bridgehead atoms. The van der Waals surface area contributed by atoms with Gasteiger partial charge in [0.1, 0.15) is 0 Å². The van der Waals surface area contributed by atoms with Crippen molar-refractivity contribution in [1.29, 1.82) is 0 Å². The van der Waals surface area contributed by atoms with Crippen LogP contribution >= 0.6 is 15.9 Å². The van der Waals surface area contributed by atoms with Crippen molar-refractivity contribution in [2.24, 2.45) is 0 Å². The van der Waals surface area contributed by atoms with Gasteiger partial charge in [-0.05, 0) is 43.7 Å². The molecule has 21 heavy (non-hydrogen) atoms. The molecule has 1 amide bonds. The maximum atomic E-state index is 11.9. The predicted octanol–water partition coefficient (Wildman–Crippen LogP) is 4.05. The van der Waals surface area contributed by atoms with Gasteiger partial charge in [0.25, 0.3) is 0 Å². The molecule has 0 heterocycles. The maximum Gasteiger partial charge on any atom is 0.238 e. The van der Waals surface area contributed by atoms with E-state index in [4.69, 9.17) is 0 Å². The highest BCUT2D eigenvalue weighted by Crippen LogP contribution is 2.15. The van der Waals surface area contributed by atoms with Crippen LogP contribution < -0.4 is 10.6 Å². The van der Waals surface area contributed by atoms with Crippen molar-refractivity contribution < 1.29 is 4.79 Å². The van der Waals surface area contributed by atoms with E-state index in [1.165, 1.54) is 11.1 Å². The molecule has 0 aromatic heterocycles. The third-order valence-electron chi connectivity index (χ3n) is 3.27. The molecule has 2 N–H and O–H groups in total. The van der Waals surface area contributed by atoms with Gasteiger partial charge in [0.2, 0.25) is 5.91 Å². The van der Waals surface area contributed by atoms with Crippen LogP contribution in [0, 0.1) is 6.92 Å². The average Bonchev–Trinajstić information content (AvgIpc) is 2.48. The minimum absolute atomic E-state index is 0.0451. The van der Waals surface area contributed by atoms with Crippen molar-refractivity contribution >= 4 is 27.5 Å². The molecule has 0 aliphatic heterocycles. The van der Waals surface area contributed by atoms with E-state index in [-0.39, 0.29) is 18.5 Å². The number of nitrogens with one attached hydrogen (secondary N) is 2. The van der Waals surface area contributed by atoms with Gasteiger partial charge in [-0.2, -0.15) is 0 Å². The zero-order chi connectivity index (χ0) is 15.2. The molecule has 0 unspecified atom stereocenters. The maximum absolute atomic E-state index is 11.9. The summed E-state index contributed by atoms with van der Waals surface area (Å²) in [7, 11) is 0. The summed E-state index contributed by atoms with van der Waals surface area (Å²) in [5, 5.41) is 6.09. The van der Waals surface area contributed by atoms with Gasteiger partial charge in [0, 0.05) is 16.2 Å². The van der Waals surface area contributed by atoms with Gasteiger partial charge >= 0.3 is 0 Å². The average molecular weight is 347 g/mol. The minimum Gasteiger partial charge on any atom is -0.325 e.